The molecular formula is C15H27N3O4. The summed E-state index contributed by atoms with van der Waals surface area (Å²) in [5, 5.41) is 5.46. The molecule has 2 N–H and O–H groups in total. The van der Waals surface area contributed by atoms with E-state index in [4.69, 9.17) is 0 Å². The normalized spacial score (nSPS) is 11.5. The Hall–Kier alpha value is -1.92. The first-order valence-corrected chi connectivity index (χ1v) is 7.49. The highest BCUT2D eigenvalue weighted by molar-refractivity contribution is 5.83. The number of hydrogen-bond donors (Lipinski definition) is 2. The van der Waals surface area contributed by atoms with Gasteiger partial charge in [0.2, 0.25) is 17.7 Å². The van der Waals surface area contributed by atoms with Crippen molar-refractivity contribution in [2.75, 3.05) is 20.1 Å². The average molecular weight is 313 g/mol. The zero-order chi connectivity index (χ0) is 17.1. The summed E-state index contributed by atoms with van der Waals surface area (Å²) in [6, 6.07) is -0.0575. The third-order valence-corrected chi connectivity index (χ3v) is 3.17. The van der Waals surface area contributed by atoms with Gasteiger partial charge in [0.1, 0.15) is 5.78 Å². The van der Waals surface area contributed by atoms with E-state index < -0.39 is 0 Å². The zero-order valence-corrected chi connectivity index (χ0v) is 13.9. The van der Waals surface area contributed by atoms with Crippen LogP contribution in [0.3, 0.4) is 0 Å². The van der Waals surface area contributed by atoms with Crippen LogP contribution in [0, 0.1) is 0 Å². The lowest BCUT2D eigenvalue weighted by atomic mass is 10.1. The highest BCUT2D eigenvalue weighted by Crippen LogP contribution is 2.01. The van der Waals surface area contributed by atoms with Crippen molar-refractivity contribution in [2.45, 2.75) is 52.5 Å². The second kappa shape index (κ2) is 10.8. The SMILES string of the molecule is CC(=O)CCNC(=O)CCCC(C)NC(=O)CN(C)C(C)=O. The van der Waals surface area contributed by atoms with E-state index in [9.17, 15) is 19.2 Å². The number of hydrogen-bond acceptors (Lipinski definition) is 4. The minimum absolute atomic E-state index is 0.0329. The van der Waals surface area contributed by atoms with Gasteiger partial charge in [-0.3, -0.25) is 19.2 Å². The molecule has 22 heavy (non-hydrogen) atoms. The van der Waals surface area contributed by atoms with Crippen molar-refractivity contribution in [1.82, 2.24) is 15.5 Å². The molecule has 7 nitrogen and oxygen atoms in total. The van der Waals surface area contributed by atoms with Crippen LogP contribution >= 0.6 is 0 Å². The van der Waals surface area contributed by atoms with Crippen LogP contribution in [0.15, 0.2) is 0 Å². The Morgan fingerprint density at radius 1 is 1.05 bits per heavy atom. The van der Waals surface area contributed by atoms with Crippen molar-refractivity contribution in [2.24, 2.45) is 0 Å². The molecule has 1 unspecified atom stereocenters. The monoisotopic (exact) mass is 313 g/mol. The highest BCUT2D eigenvalue weighted by Gasteiger charge is 2.12. The van der Waals surface area contributed by atoms with E-state index >= 15 is 0 Å². The average Bonchev–Trinajstić information content (AvgIpc) is 2.37. The first kappa shape index (κ1) is 20.1. The number of nitrogens with one attached hydrogen (secondary N) is 2. The quantitative estimate of drug-likeness (QED) is 0.604. The maximum Gasteiger partial charge on any atom is 0.239 e. The molecule has 0 aromatic carbocycles. The predicted molar refractivity (Wildman–Crippen MR) is 83.1 cm³/mol. The summed E-state index contributed by atoms with van der Waals surface area (Å²) in [5.74, 6) is -0.413. The molecule has 0 aliphatic heterocycles. The molecule has 0 aromatic heterocycles. The maximum absolute atomic E-state index is 11.7. The number of ketones is 1. The Kier molecular flexibility index (Phi) is 9.82. The van der Waals surface area contributed by atoms with Crippen molar-refractivity contribution >= 4 is 23.5 Å². The molecule has 0 bridgehead atoms. The third kappa shape index (κ3) is 10.8. The topological polar surface area (TPSA) is 95.6 Å². The third-order valence-electron chi connectivity index (χ3n) is 3.17. The Morgan fingerprint density at radius 3 is 2.23 bits per heavy atom. The molecule has 0 aliphatic carbocycles. The van der Waals surface area contributed by atoms with Crippen LogP contribution in [0.25, 0.3) is 0 Å². The largest absolute Gasteiger partial charge is 0.356 e. The van der Waals surface area contributed by atoms with Crippen LogP contribution in [0.1, 0.15) is 46.5 Å². The van der Waals surface area contributed by atoms with Gasteiger partial charge in [-0.15, -0.1) is 0 Å². The second-order valence-electron chi connectivity index (χ2n) is 5.54. The van der Waals surface area contributed by atoms with Crippen LogP contribution in [0.5, 0.6) is 0 Å². The van der Waals surface area contributed by atoms with Gasteiger partial charge in [0.05, 0.1) is 6.54 Å². The second-order valence-corrected chi connectivity index (χ2v) is 5.54. The summed E-state index contributed by atoms with van der Waals surface area (Å²) in [7, 11) is 1.57. The van der Waals surface area contributed by atoms with E-state index in [1.807, 2.05) is 6.92 Å². The standard InChI is InChI=1S/C15H27N3O4/c1-11(17-15(22)10-18(4)13(3)20)6-5-7-14(21)16-9-8-12(2)19/h11H,5-10H2,1-4H3,(H,16,21)(H,17,22). The minimum atomic E-state index is -0.212. The van der Waals surface area contributed by atoms with Gasteiger partial charge in [-0.05, 0) is 26.7 Å². The lowest BCUT2D eigenvalue weighted by Crippen LogP contribution is -2.41. The molecule has 126 valence electrons. The lowest BCUT2D eigenvalue weighted by molar-refractivity contribution is -0.133. The van der Waals surface area contributed by atoms with E-state index in [0.717, 1.165) is 0 Å². The fourth-order valence-corrected chi connectivity index (χ4v) is 1.75. The van der Waals surface area contributed by atoms with Crippen LogP contribution in [0.4, 0.5) is 0 Å². The number of carbonyl (C=O) groups excluding carboxylic acids is 4. The summed E-state index contributed by atoms with van der Waals surface area (Å²) < 4.78 is 0. The predicted octanol–water partition coefficient (Wildman–Crippen LogP) is 0.235. The van der Waals surface area contributed by atoms with E-state index in [1.165, 1.54) is 18.7 Å². The number of carbonyl (C=O) groups is 4. The molecule has 0 heterocycles. The molecule has 0 rings (SSSR count). The molecule has 0 saturated heterocycles. The molecule has 1 atom stereocenters. The smallest absolute Gasteiger partial charge is 0.239 e. The molecule has 3 amide bonds. The number of amides is 3. The van der Waals surface area contributed by atoms with E-state index in [1.54, 1.807) is 7.05 Å². The Balaban J connectivity index is 3.78. The molecule has 7 heteroatoms. The van der Waals surface area contributed by atoms with Gasteiger partial charge in [0.25, 0.3) is 0 Å². The molecule has 0 saturated carbocycles. The van der Waals surface area contributed by atoms with Gasteiger partial charge < -0.3 is 15.5 Å². The van der Waals surface area contributed by atoms with Gasteiger partial charge in [-0.25, -0.2) is 0 Å². The van der Waals surface area contributed by atoms with Gasteiger partial charge in [0, 0.05) is 39.4 Å². The zero-order valence-electron chi connectivity index (χ0n) is 13.9. The fourth-order valence-electron chi connectivity index (χ4n) is 1.75. The molecule has 0 aliphatic rings. The number of Topliss-reactive ketones (excluding diaryl/α,β-unsaturated/α-hetero) is 1. The number of rotatable bonds is 10. The first-order chi connectivity index (χ1) is 10.2. The van der Waals surface area contributed by atoms with Crippen molar-refractivity contribution in [3.8, 4) is 0 Å². The molecule has 0 aromatic rings. The summed E-state index contributed by atoms with van der Waals surface area (Å²) in [5.41, 5.74) is 0. The van der Waals surface area contributed by atoms with Gasteiger partial charge >= 0.3 is 0 Å². The summed E-state index contributed by atoms with van der Waals surface area (Å²) in [6.07, 6.45) is 2.04. The maximum atomic E-state index is 11.7. The van der Waals surface area contributed by atoms with Gasteiger partial charge in [-0.2, -0.15) is 0 Å². The lowest BCUT2D eigenvalue weighted by Gasteiger charge is -2.18. The molecular weight excluding hydrogens is 286 g/mol. The minimum Gasteiger partial charge on any atom is -0.356 e. The van der Waals surface area contributed by atoms with Gasteiger partial charge in [-0.1, -0.05) is 0 Å². The van der Waals surface area contributed by atoms with Crippen molar-refractivity contribution in [1.29, 1.82) is 0 Å². The Morgan fingerprint density at radius 2 is 1.68 bits per heavy atom. The van der Waals surface area contributed by atoms with Gasteiger partial charge in [0.15, 0.2) is 0 Å². The molecule has 0 spiro atoms. The number of nitrogens with zero attached hydrogens (tertiary/aromatic N) is 1. The van der Waals surface area contributed by atoms with Crippen LogP contribution < -0.4 is 10.6 Å². The molecule has 0 radical (unpaired) electrons. The van der Waals surface area contributed by atoms with Crippen molar-refractivity contribution < 1.29 is 19.2 Å². The highest BCUT2D eigenvalue weighted by atomic mass is 16.2. The van der Waals surface area contributed by atoms with E-state index in [2.05, 4.69) is 10.6 Å². The summed E-state index contributed by atoms with van der Waals surface area (Å²) in [4.78, 5) is 46.2. The Bertz CT molecular complexity index is 410. The number of likely N-dealkylation sites (N-methyl/N-ethyl adjacent to an activating group) is 1. The van der Waals surface area contributed by atoms with Crippen LogP contribution in [-0.4, -0.2) is 54.6 Å². The van der Waals surface area contributed by atoms with E-state index in [-0.39, 0.29) is 36.1 Å². The Labute approximate surface area is 131 Å². The fraction of sp³-hybridized carbons (Fsp3) is 0.733. The summed E-state index contributed by atoms with van der Waals surface area (Å²) in [6.45, 7) is 5.16. The summed E-state index contributed by atoms with van der Waals surface area (Å²) >= 11 is 0. The van der Waals surface area contributed by atoms with Crippen LogP contribution in [-0.2, 0) is 19.2 Å². The van der Waals surface area contributed by atoms with Crippen LogP contribution in [0.2, 0.25) is 0 Å². The van der Waals surface area contributed by atoms with Crippen molar-refractivity contribution in [3.63, 3.8) is 0 Å². The van der Waals surface area contributed by atoms with Crippen molar-refractivity contribution in [3.05, 3.63) is 0 Å². The van der Waals surface area contributed by atoms with E-state index in [0.29, 0.717) is 32.2 Å². The molecule has 0 fully saturated rings. The first-order valence-electron chi connectivity index (χ1n) is 7.49.